The molecule has 11 heteroatoms. The number of aliphatic carboxylic acids is 1. The van der Waals surface area contributed by atoms with Gasteiger partial charge in [0.2, 0.25) is 5.60 Å². The van der Waals surface area contributed by atoms with E-state index >= 15 is 0 Å². The number of halogens is 5. The quantitative estimate of drug-likeness (QED) is 0.369. The fourth-order valence-corrected chi connectivity index (χ4v) is 4.17. The highest BCUT2D eigenvalue weighted by molar-refractivity contribution is 7.99. The van der Waals surface area contributed by atoms with E-state index in [0.29, 0.717) is 21.2 Å². The molecule has 178 valence electrons. The highest BCUT2D eigenvalue weighted by Crippen LogP contribution is 2.42. The lowest BCUT2D eigenvalue weighted by Crippen LogP contribution is -2.43. The van der Waals surface area contributed by atoms with Gasteiger partial charge < -0.3 is 15.9 Å². The van der Waals surface area contributed by atoms with Crippen LogP contribution in [0.4, 0.5) is 13.2 Å². The standard InChI is InChI=1S/C19H19Cl2F3N2O3S.C2H6/c20-12-2-3-13(14(21)9-12)11-1-4-16(26-10-11)18(29,19(22,23)24)6-8-30-7-5-15(25)17(27)28;1-2/h1-4,9-10,15,29H,5-8,25H2,(H,27,28);1-2H3. The maximum Gasteiger partial charge on any atom is 0.423 e. The Labute approximate surface area is 199 Å². The number of rotatable bonds is 9. The van der Waals surface area contributed by atoms with E-state index in [-0.39, 0.29) is 17.9 Å². The van der Waals surface area contributed by atoms with Crippen LogP contribution < -0.4 is 5.73 Å². The lowest BCUT2D eigenvalue weighted by Gasteiger charge is -2.30. The van der Waals surface area contributed by atoms with Gasteiger partial charge in [-0.1, -0.05) is 49.2 Å². The van der Waals surface area contributed by atoms with Crippen molar-refractivity contribution >= 4 is 40.9 Å². The van der Waals surface area contributed by atoms with E-state index in [1.807, 2.05) is 13.8 Å². The number of carboxylic acids is 1. The lowest BCUT2D eigenvalue weighted by molar-refractivity contribution is -0.268. The van der Waals surface area contributed by atoms with E-state index in [1.165, 1.54) is 18.3 Å². The van der Waals surface area contributed by atoms with Crippen molar-refractivity contribution in [3.8, 4) is 11.1 Å². The summed E-state index contributed by atoms with van der Waals surface area (Å²) in [6.45, 7) is 4.00. The van der Waals surface area contributed by atoms with Gasteiger partial charge in [-0.2, -0.15) is 24.9 Å². The van der Waals surface area contributed by atoms with E-state index in [4.69, 9.17) is 34.0 Å². The number of carbonyl (C=O) groups is 1. The molecule has 0 radical (unpaired) electrons. The molecular weight excluding hydrogens is 488 g/mol. The number of hydrogen-bond donors (Lipinski definition) is 3. The average Bonchev–Trinajstić information content (AvgIpc) is 2.74. The van der Waals surface area contributed by atoms with Gasteiger partial charge in [-0.05, 0) is 42.5 Å². The van der Waals surface area contributed by atoms with Crippen LogP contribution in [0.1, 0.15) is 32.4 Å². The van der Waals surface area contributed by atoms with Crippen molar-refractivity contribution in [1.29, 1.82) is 0 Å². The first-order valence-corrected chi connectivity index (χ1v) is 11.6. The molecule has 4 N–H and O–H groups in total. The van der Waals surface area contributed by atoms with Crippen molar-refractivity contribution in [3.63, 3.8) is 0 Å². The second-order valence-electron chi connectivity index (χ2n) is 6.51. The lowest BCUT2D eigenvalue weighted by atomic mass is 9.94. The summed E-state index contributed by atoms with van der Waals surface area (Å²) in [5.74, 6) is -0.982. The first-order valence-electron chi connectivity index (χ1n) is 9.73. The summed E-state index contributed by atoms with van der Waals surface area (Å²) in [6.07, 6.45) is -4.27. The molecular formula is C21H25Cl2F3N2O3S. The largest absolute Gasteiger partial charge is 0.480 e. The van der Waals surface area contributed by atoms with Crippen LogP contribution >= 0.6 is 35.0 Å². The molecule has 32 heavy (non-hydrogen) atoms. The van der Waals surface area contributed by atoms with Gasteiger partial charge >= 0.3 is 12.1 Å². The van der Waals surface area contributed by atoms with E-state index in [9.17, 15) is 23.1 Å². The van der Waals surface area contributed by atoms with Crippen molar-refractivity contribution < 1.29 is 28.2 Å². The number of nitrogens with two attached hydrogens (primary N) is 1. The van der Waals surface area contributed by atoms with E-state index in [2.05, 4.69) is 4.98 Å². The molecule has 0 amide bonds. The molecule has 0 saturated heterocycles. The molecule has 1 aromatic carbocycles. The number of pyridine rings is 1. The Kier molecular flexibility index (Phi) is 11.3. The molecule has 0 spiro atoms. The highest BCUT2D eigenvalue weighted by Gasteiger charge is 2.55. The summed E-state index contributed by atoms with van der Waals surface area (Å²) in [7, 11) is 0. The number of hydrogen-bond acceptors (Lipinski definition) is 5. The summed E-state index contributed by atoms with van der Waals surface area (Å²) in [4.78, 5) is 14.5. The van der Waals surface area contributed by atoms with Gasteiger partial charge in [-0.15, -0.1) is 0 Å². The number of aliphatic hydroxyl groups is 1. The second-order valence-corrected chi connectivity index (χ2v) is 8.58. The zero-order valence-corrected chi connectivity index (χ0v) is 19.8. The van der Waals surface area contributed by atoms with E-state index in [1.54, 1.807) is 12.1 Å². The van der Waals surface area contributed by atoms with Crippen molar-refractivity contribution in [2.75, 3.05) is 11.5 Å². The summed E-state index contributed by atoms with van der Waals surface area (Å²) >= 11 is 13.0. The van der Waals surface area contributed by atoms with Gasteiger partial charge in [-0.25, -0.2) is 0 Å². The SMILES string of the molecule is CC.NC(CCSCCC(O)(c1ccc(-c2ccc(Cl)cc2Cl)cn1)C(F)(F)F)C(=O)O. The number of alkyl halides is 3. The monoisotopic (exact) mass is 512 g/mol. The third-order valence-corrected chi connectivity index (χ3v) is 5.96. The summed E-state index contributed by atoms with van der Waals surface area (Å²) in [5.41, 5.74) is 2.70. The van der Waals surface area contributed by atoms with Crippen LogP contribution in [0, 0.1) is 0 Å². The predicted octanol–water partition coefficient (Wildman–Crippen LogP) is 5.76. The topological polar surface area (TPSA) is 96.4 Å². The van der Waals surface area contributed by atoms with Crippen molar-refractivity contribution in [2.45, 2.75) is 44.5 Å². The zero-order valence-electron chi connectivity index (χ0n) is 17.5. The minimum absolute atomic E-state index is 0.0607. The number of benzene rings is 1. The maximum atomic E-state index is 13.6. The third kappa shape index (κ3) is 7.52. The molecule has 0 aliphatic carbocycles. The second kappa shape index (κ2) is 12.6. The molecule has 2 unspecified atom stereocenters. The normalized spacial score (nSPS) is 14.2. The smallest absolute Gasteiger partial charge is 0.423 e. The Bertz CT molecular complexity index is 886. The van der Waals surface area contributed by atoms with Crippen molar-refractivity contribution in [3.05, 3.63) is 52.3 Å². The first kappa shape index (κ1) is 28.5. The number of nitrogens with zero attached hydrogens (tertiary/aromatic N) is 1. The van der Waals surface area contributed by atoms with Crippen LogP contribution in [0.3, 0.4) is 0 Å². The van der Waals surface area contributed by atoms with Crippen LogP contribution in [0.25, 0.3) is 11.1 Å². The van der Waals surface area contributed by atoms with Crippen LogP contribution in [-0.2, 0) is 10.4 Å². The van der Waals surface area contributed by atoms with Gasteiger partial charge in [-0.3, -0.25) is 9.78 Å². The molecule has 0 fully saturated rings. The Morgan fingerprint density at radius 3 is 2.34 bits per heavy atom. The predicted molar refractivity (Wildman–Crippen MR) is 123 cm³/mol. The fourth-order valence-electron chi connectivity index (χ4n) is 2.59. The van der Waals surface area contributed by atoms with Gasteiger partial charge in [0, 0.05) is 27.4 Å². The Morgan fingerprint density at radius 1 is 1.19 bits per heavy atom. The number of carboxylic acid groups (broad SMARTS) is 1. The molecule has 5 nitrogen and oxygen atoms in total. The molecule has 2 rings (SSSR count). The van der Waals surface area contributed by atoms with Gasteiger partial charge in [0.15, 0.2) is 0 Å². The van der Waals surface area contributed by atoms with Gasteiger partial charge in [0.05, 0.1) is 5.69 Å². The molecule has 2 atom stereocenters. The van der Waals surface area contributed by atoms with Gasteiger partial charge in [0.25, 0.3) is 0 Å². The average molecular weight is 513 g/mol. The fraction of sp³-hybridized carbons (Fsp3) is 0.429. The van der Waals surface area contributed by atoms with Crippen LogP contribution in [0.2, 0.25) is 10.0 Å². The van der Waals surface area contributed by atoms with Gasteiger partial charge in [0.1, 0.15) is 6.04 Å². The van der Waals surface area contributed by atoms with Crippen molar-refractivity contribution in [2.24, 2.45) is 5.73 Å². The Morgan fingerprint density at radius 2 is 1.84 bits per heavy atom. The summed E-state index contributed by atoms with van der Waals surface area (Å²) < 4.78 is 40.9. The zero-order chi connectivity index (χ0) is 24.5. The van der Waals surface area contributed by atoms with Crippen molar-refractivity contribution in [1.82, 2.24) is 4.98 Å². The summed E-state index contributed by atoms with van der Waals surface area (Å²) in [6, 6.07) is 6.15. The Hall–Kier alpha value is -1.52. The molecule has 1 aromatic heterocycles. The van der Waals surface area contributed by atoms with E-state index < -0.39 is 35.9 Å². The molecule has 2 aromatic rings. The summed E-state index contributed by atoms with van der Waals surface area (Å²) in [5, 5.41) is 19.9. The minimum Gasteiger partial charge on any atom is -0.480 e. The van der Waals surface area contributed by atoms with Crippen LogP contribution in [0.5, 0.6) is 0 Å². The first-order chi connectivity index (χ1) is 15.0. The Balaban J connectivity index is 0.00000249. The molecule has 0 aliphatic heterocycles. The van der Waals surface area contributed by atoms with Crippen LogP contribution in [0.15, 0.2) is 36.5 Å². The van der Waals surface area contributed by atoms with E-state index in [0.717, 1.165) is 17.8 Å². The molecule has 1 heterocycles. The maximum absolute atomic E-state index is 13.6. The highest BCUT2D eigenvalue weighted by atomic mass is 35.5. The number of thioether (sulfide) groups is 1. The molecule has 0 aliphatic rings. The minimum atomic E-state index is -4.95. The molecule has 0 saturated carbocycles. The third-order valence-electron chi connectivity index (χ3n) is 4.40. The molecule has 0 bridgehead atoms. The number of aromatic nitrogens is 1. The van der Waals surface area contributed by atoms with Crippen LogP contribution in [-0.4, -0.2) is 44.9 Å².